The molecule has 1 fully saturated rings. The quantitative estimate of drug-likeness (QED) is 0.687. The fraction of sp³-hybridized carbons (Fsp3) is 0.625. The predicted octanol–water partition coefficient (Wildman–Crippen LogP) is 0.951. The van der Waals surface area contributed by atoms with Crippen molar-refractivity contribution in [3.63, 3.8) is 0 Å². The second-order valence-corrected chi connectivity index (χ2v) is 3.30. The molecular weight excluding hydrogens is 152 g/mol. The highest BCUT2D eigenvalue weighted by Gasteiger charge is 2.14. The van der Waals surface area contributed by atoms with Gasteiger partial charge in [-0.05, 0) is 12.8 Å². The first-order chi connectivity index (χ1) is 5.84. The molecule has 2 rings (SSSR count). The van der Waals surface area contributed by atoms with Gasteiger partial charge in [0.15, 0.2) is 0 Å². The van der Waals surface area contributed by atoms with Gasteiger partial charge in [0, 0.05) is 12.1 Å². The monoisotopic (exact) mass is 166 g/mol. The van der Waals surface area contributed by atoms with E-state index in [0.29, 0.717) is 11.9 Å². The van der Waals surface area contributed by atoms with Crippen molar-refractivity contribution in [2.24, 2.45) is 0 Å². The summed E-state index contributed by atoms with van der Waals surface area (Å²) in [4.78, 5) is 1.71. The maximum absolute atomic E-state index is 5.48. The molecule has 3 N–H and O–H groups in total. The van der Waals surface area contributed by atoms with Crippen LogP contribution in [0.25, 0.3) is 0 Å². The van der Waals surface area contributed by atoms with Crippen LogP contribution >= 0.6 is 0 Å². The van der Waals surface area contributed by atoms with Crippen LogP contribution in [-0.2, 0) is 0 Å². The van der Waals surface area contributed by atoms with Gasteiger partial charge in [-0.2, -0.15) is 4.79 Å². The first-order valence-corrected chi connectivity index (χ1v) is 4.42. The molecule has 0 aliphatic heterocycles. The molecule has 0 amide bonds. The lowest BCUT2D eigenvalue weighted by Gasteiger charge is -2.12. The zero-order valence-electron chi connectivity index (χ0n) is 7.03. The molecular formula is C8H14N4. The van der Waals surface area contributed by atoms with Gasteiger partial charge in [0.1, 0.15) is 5.82 Å². The van der Waals surface area contributed by atoms with Crippen LogP contribution < -0.4 is 11.2 Å². The van der Waals surface area contributed by atoms with Crippen molar-refractivity contribution in [1.82, 2.24) is 9.89 Å². The van der Waals surface area contributed by atoms with Gasteiger partial charge in [0.25, 0.3) is 0 Å². The number of nitrogens with one attached hydrogen (secondary N) is 1. The van der Waals surface area contributed by atoms with Gasteiger partial charge in [-0.15, -0.1) is 5.10 Å². The summed E-state index contributed by atoms with van der Waals surface area (Å²) in [7, 11) is 0. The highest BCUT2D eigenvalue weighted by molar-refractivity contribution is 5.24. The van der Waals surface area contributed by atoms with Crippen molar-refractivity contribution < 1.29 is 0 Å². The van der Waals surface area contributed by atoms with Gasteiger partial charge < -0.3 is 11.2 Å². The second-order valence-electron chi connectivity index (χ2n) is 3.30. The van der Waals surface area contributed by atoms with E-state index in [2.05, 4.69) is 10.5 Å². The SMILES string of the molecule is Nc1ccn(NC2CCCC2)n1. The Bertz CT molecular complexity index is 249. The van der Waals surface area contributed by atoms with E-state index >= 15 is 0 Å². The largest absolute Gasteiger partial charge is 0.382 e. The zero-order valence-corrected chi connectivity index (χ0v) is 7.03. The maximum atomic E-state index is 5.48. The van der Waals surface area contributed by atoms with Crippen LogP contribution in [0.2, 0.25) is 0 Å². The van der Waals surface area contributed by atoms with E-state index in [4.69, 9.17) is 5.73 Å². The Hall–Kier alpha value is -1.19. The molecule has 1 heterocycles. The number of anilines is 1. The molecule has 1 saturated carbocycles. The lowest BCUT2D eigenvalue weighted by molar-refractivity contribution is 0.614. The van der Waals surface area contributed by atoms with Crippen molar-refractivity contribution >= 4 is 5.82 Å². The Morgan fingerprint density at radius 3 is 2.83 bits per heavy atom. The van der Waals surface area contributed by atoms with Gasteiger partial charge in [0.2, 0.25) is 0 Å². The Morgan fingerprint density at radius 2 is 2.25 bits per heavy atom. The minimum absolute atomic E-state index is 0.570. The first kappa shape index (κ1) is 7.46. The average molecular weight is 166 g/mol. The number of hydrogen-bond donors (Lipinski definition) is 2. The number of nitrogens with two attached hydrogens (primary N) is 1. The van der Waals surface area contributed by atoms with Crippen molar-refractivity contribution in [2.75, 3.05) is 11.2 Å². The van der Waals surface area contributed by atoms with Gasteiger partial charge in [-0.3, -0.25) is 0 Å². The van der Waals surface area contributed by atoms with Crippen molar-refractivity contribution in [2.45, 2.75) is 31.7 Å². The summed E-state index contributed by atoms with van der Waals surface area (Å²) in [5, 5.41) is 4.06. The average Bonchev–Trinajstić information content (AvgIpc) is 2.63. The smallest absolute Gasteiger partial charge is 0.147 e. The Balaban J connectivity index is 1.94. The van der Waals surface area contributed by atoms with E-state index in [1.165, 1.54) is 25.7 Å². The summed E-state index contributed by atoms with van der Waals surface area (Å²) in [6, 6.07) is 2.38. The van der Waals surface area contributed by atoms with Crippen LogP contribution in [0, 0.1) is 0 Å². The lowest BCUT2D eigenvalue weighted by Crippen LogP contribution is -2.25. The third-order valence-corrected chi connectivity index (χ3v) is 2.28. The molecule has 12 heavy (non-hydrogen) atoms. The van der Waals surface area contributed by atoms with E-state index in [0.717, 1.165) is 0 Å². The van der Waals surface area contributed by atoms with E-state index in [1.54, 1.807) is 10.9 Å². The van der Waals surface area contributed by atoms with E-state index in [-0.39, 0.29) is 0 Å². The molecule has 1 aromatic heterocycles. The summed E-state index contributed by atoms with van der Waals surface area (Å²) in [5.74, 6) is 0.570. The minimum Gasteiger partial charge on any atom is -0.382 e. The number of nitrogens with zero attached hydrogens (tertiary/aromatic N) is 2. The number of aromatic nitrogens is 2. The van der Waals surface area contributed by atoms with Crippen LogP contribution in [0.15, 0.2) is 12.3 Å². The van der Waals surface area contributed by atoms with Crippen molar-refractivity contribution in [1.29, 1.82) is 0 Å². The normalized spacial score (nSPS) is 18.3. The Labute approximate surface area is 71.7 Å². The lowest BCUT2D eigenvalue weighted by atomic mass is 10.3. The molecule has 0 radical (unpaired) electrons. The molecule has 4 heteroatoms. The third kappa shape index (κ3) is 1.52. The highest BCUT2D eigenvalue weighted by atomic mass is 15.6. The second kappa shape index (κ2) is 3.05. The summed E-state index contributed by atoms with van der Waals surface area (Å²) >= 11 is 0. The van der Waals surface area contributed by atoms with Crippen molar-refractivity contribution in [3.05, 3.63) is 12.3 Å². The Morgan fingerprint density at radius 1 is 1.50 bits per heavy atom. The molecule has 0 aromatic carbocycles. The van der Waals surface area contributed by atoms with Crippen LogP contribution in [0.3, 0.4) is 0 Å². The minimum atomic E-state index is 0.570. The first-order valence-electron chi connectivity index (χ1n) is 4.42. The summed E-state index contributed by atoms with van der Waals surface area (Å²) in [6.45, 7) is 0. The molecule has 0 spiro atoms. The summed E-state index contributed by atoms with van der Waals surface area (Å²) in [6.07, 6.45) is 7.01. The Kier molecular flexibility index (Phi) is 1.89. The number of nitrogen functional groups attached to an aromatic ring is 1. The van der Waals surface area contributed by atoms with Gasteiger partial charge in [-0.1, -0.05) is 12.8 Å². The molecule has 66 valence electrons. The number of hydrogen-bond acceptors (Lipinski definition) is 3. The van der Waals surface area contributed by atoms with Crippen LogP contribution in [-0.4, -0.2) is 15.9 Å². The molecule has 0 saturated heterocycles. The third-order valence-electron chi connectivity index (χ3n) is 2.28. The topological polar surface area (TPSA) is 55.9 Å². The maximum Gasteiger partial charge on any atom is 0.147 e. The van der Waals surface area contributed by atoms with Gasteiger partial charge in [-0.25, -0.2) is 0 Å². The summed E-state index contributed by atoms with van der Waals surface area (Å²) < 4.78 is 0. The molecule has 1 aromatic rings. The zero-order chi connectivity index (χ0) is 8.39. The van der Waals surface area contributed by atoms with E-state index in [9.17, 15) is 0 Å². The molecule has 1 aliphatic rings. The van der Waals surface area contributed by atoms with Crippen LogP contribution in [0.4, 0.5) is 5.82 Å². The molecule has 0 bridgehead atoms. The van der Waals surface area contributed by atoms with Gasteiger partial charge >= 0.3 is 0 Å². The van der Waals surface area contributed by atoms with Crippen LogP contribution in [0.1, 0.15) is 25.7 Å². The molecule has 0 unspecified atom stereocenters. The molecule has 4 nitrogen and oxygen atoms in total. The standard InChI is InChI=1S/C8H14N4/c9-8-5-6-12(11-8)10-7-3-1-2-4-7/h5-7,10H,1-4H2,(H2,9,11). The van der Waals surface area contributed by atoms with Crippen molar-refractivity contribution in [3.8, 4) is 0 Å². The molecule has 0 atom stereocenters. The highest BCUT2D eigenvalue weighted by Crippen LogP contribution is 2.18. The van der Waals surface area contributed by atoms with E-state index < -0.39 is 0 Å². The fourth-order valence-electron chi connectivity index (χ4n) is 1.65. The summed E-state index contributed by atoms with van der Waals surface area (Å²) in [5.41, 5.74) is 8.77. The fourth-order valence-corrected chi connectivity index (χ4v) is 1.65. The van der Waals surface area contributed by atoms with Gasteiger partial charge in [0.05, 0.1) is 6.20 Å². The number of rotatable bonds is 2. The predicted molar refractivity (Wildman–Crippen MR) is 48.3 cm³/mol. The molecule has 1 aliphatic carbocycles. The van der Waals surface area contributed by atoms with E-state index in [1.807, 2.05) is 6.20 Å². The van der Waals surface area contributed by atoms with Crippen LogP contribution in [0.5, 0.6) is 0 Å².